The van der Waals surface area contributed by atoms with E-state index in [1.54, 1.807) is 6.92 Å². The first-order valence-electron chi connectivity index (χ1n) is 5.56. The van der Waals surface area contributed by atoms with E-state index in [2.05, 4.69) is 10.6 Å². The second kappa shape index (κ2) is 6.38. The van der Waals surface area contributed by atoms with Crippen LogP contribution in [0.5, 0.6) is 0 Å². The van der Waals surface area contributed by atoms with E-state index in [0.29, 0.717) is 0 Å². The summed E-state index contributed by atoms with van der Waals surface area (Å²) in [5.74, 6) is -2.32. The third-order valence-electron chi connectivity index (χ3n) is 2.62. The zero-order valence-electron chi connectivity index (χ0n) is 10.4. The van der Waals surface area contributed by atoms with Gasteiger partial charge in [-0.3, -0.25) is 4.79 Å². The van der Waals surface area contributed by atoms with Crippen molar-refractivity contribution < 1.29 is 19.1 Å². The molecule has 0 saturated carbocycles. The van der Waals surface area contributed by atoms with E-state index in [4.69, 9.17) is 16.7 Å². The van der Waals surface area contributed by atoms with Crippen LogP contribution in [-0.2, 0) is 4.79 Å². The zero-order chi connectivity index (χ0) is 14.6. The molecule has 7 heteroatoms. The lowest BCUT2D eigenvalue weighted by Gasteiger charge is -2.18. The summed E-state index contributed by atoms with van der Waals surface area (Å²) >= 11 is 5.64. The van der Waals surface area contributed by atoms with Gasteiger partial charge in [0.05, 0.1) is 5.92 Å². The van der Waals surface area contributed by atoms with Gasteiger partial charge in [-0.15, -0.1) is 0 Å². The van der Waals surface area contributed by atoms with Gasteiger partial charge in [-0.25, -0.2) is 9.18 Å². The van der Waals surface area contributed by atoms with Crippen molar-refractivity contribution in [3.05, 3.63) is 29.0 Å². The van der Waals surface area contributed by atoms with Crippen LogP contribution in [0.2, 0.25) is 5.02 Å². The molecule has 0 aliphatic rings. The number of carboxylic acid groups (broad SMARTS) is 1. The maximum atomic E-state index is 13.0. The number of benzene rings is 1. The predicted octanol–water partition coefficient (Wildman–Crippen LogP) is 2.71. The molecule has 3 N–H and O–H groups in total. The number of hydrogen-bond acceptors (Lipinski definition) is 2. The molecule has 1 aromatic carbocycles. The van der Waals surface area contributed by atoms with Crippen molar-refractivity contribution >= 4 is 29.3 Å². The van der Waals surface area contributed by atoms with Gasteiger partial charge in [-0.1, -0.05) is 11.6 Å². The highest BCUT2D eigenvalue weighted by molar-refractivity contribution is 6.30. The quantitative estimate of drug-likeness (QED) is 0.797. The fourth-order valence-electron chi connectivity index (χ4n) is 1.34. The van der Waals surface area contributed by atoms with Gasteiger partial charge in [-0.05, 0) is 32.0 Å². The standard InChI is InChI=1S/C12H14ClFN2O3/c1-6(11(17)18)7(2)15-12(19)16-10-4-8(13)3-9(14)5-10/h3-7H,1-2H3,(H,17,18)(H2,15,16,19). The molecule has 0 heterocycles. The van der Waals surface area contributed by atoms with E-state index in [1.807, 2.05) is 0 Å². The maximum Gasteiger partial charge on any atom is 0.319 e. The molecular formula is C12H14ClFN2O3. The number of anilines is 1. The number of carbonyl (C=O) groups is 2. The van der Waals surface area contributed by atoms with Gasteiger partial charge in [0.25, 0.3) is 0 Å². The van der Waals surface area contributed by atoms with Crippen LogP contribution in [0.25, 0.3) is 0 Å². The van der Waals surface area contributed by atoms with E-state index in [9.17, 15) is 14.0 Å². The molecule has 0 radical (unpaired) electrons. The molecule has 2 atom stereocenters. The molecule has 19 heavy (non-hydrogen) atoms. The van der Waals surface area contributed by atoms with Crippen molar-refractivity contribution in [2.75, 3.05) is 5.32 Å². The Morgan fingerprint density at radius 1 is 1.32 bits per heavy atom. The Labute approximate surface area is 114 Å². The second-order valence-electron chi connectivity index (χ2n) is 4.17. The van der Waals surface area contributed by atoms with Crippen LogP contribution >= 0.6 is 11.6 Å². The lowest BCUT2D eigenvalue weighted by atomic mass is 10.0. The molecule has 0 bridgehead atoms. The molecule has 0 spiro atoms. The molecule has 1 aromatic rings. The zero-order valence-corrected chi connectivity index (χ0v) is 11.2. The van der Waals surface area contributed by atoms with E-state index < -0.39 is 29.8 Å². The van der Waals surface area contributed by atoms with Crippen LogP contribution < -0.4 is 10.6 Å². The highest BCUT2D eigenvalue weighted by Crippen LogP contribution is 2.18. The van der Waals surface area contributed by atoms with E-state index in [1.165, 1.54) is 13.0 Å². The fraction of sp³-hybridized carbons (Fsp3) is 0.333. The number of carbonyl (C=O) groups excluding carboxylic acids is 1. The number of nitrogens with one attached hydrogen (secondary N) is 2. The maximum absolute atomic E-state index is 13.0. The molecule has 104 valence electrons. The summed E-state index contributed by atoms with van der Waals surface area (Å²) in [6.07, 6.45) is 0. The molecule has 2 unspecified atom stereocenters. The Hall–Kier alpha value is -1.82. The minimum absolute atomic E-state index is 0.155. The third kappa shape index (κ3) is 4.75. The van der Waals surface area contributed by atoms with Crippen molar-refractivity contribution in [3.63, 3.8) is 0 Å². The van der Waals surface area contributed by atoms with Crippen molar-refractivity contribution in [1.29, 1.82) is 0 Å². The van der Waals surface area contributed by atoms with Crippen LogP contribution in [0.15, 0.2) is 18.2 Å². The van der Waals surface area contributed by atoms with Gasteiger partial charge in [0, 0.05) is 16.8 Å². The number of rotatable bonds is 4. The highest BCUT2D eigenvalue weighted by Gasteiger charge is 2.20. The Morgan fingerprint density at radius 3 is 2.47 bits per heavy atom. The lowest BCUT2D eigenvalue weighted by molar-refractivity contribution is -0.141. The predicted molar refractivity (Wildman–Crippen MR) is 69.8 cm³/mol. The molecule has 1 rings (SSSR count). The summed E-state index contributed by atoms with van der Waals surface area (Å²) < 4.78 is 13.0. The third-order valence-corrected chi connectivity index (χ3v) is 2.84. The van der Waals surface area contributed by atoms with E-state index in [-0.39, 0.29) is 10.7 Å². The van der Waals surface area contributed by atoms with Crippen molar-refractivity contribution in [1.82, 2.24) is 5.32 Å². The number of amides is 2. The first-order chi connectivity index (χ1) is 8.79. The van der Waals surface area contributed by atoms with Crippen LogP contribution in [-0.4, -0.2) is 23.1 Å². The first-order valence-corrected chi connectivity index (χ1v) is 5.94. The molecule has 0 fully saturated rings. The number of urea groups is 1. The van der Waals surface area contributed by atoms with Crippen molar-refractivity contribution in [3.8, 4) is 0 Å². The van der Waals surface area contributed by atoms with Gasteiger partial charge in [0.1, 0.15) is 5.82 Å². The van der Waals surface area contributed by atoms with Gasteiger partial charge in [-0.2, -0.15) is 0 Å². The van der Waals surface area contributed by atoms with Crippen LogP contribution in [0.3, 0.4) is 0 Å². The Morgan fingerprint density at radius 2 is 1.95 bits per heavy atom. The molecule has 5 nitrogen and oxygen atoms in total. The molecule has 0 aromatic heterocycles. The van der Waals surface area contributed by atoms with Gasteiger partial charge < -0.3 is 15.7 Å². The smallest absolute Gasteiger partial charge is 0.319 e. The van der Waals surface area contributed by atoms with Crippen LogP contribution in [0, 0.1) is 11.7 Å². The summed E-state index contributed by atoms with van der Waals surface area (Å²) in [5, 5.41) is 13.8. The summed E-state index contributed by atoms with van der Waals surface area (Å²) in [4.78, 5) is 22.3. The minimum atomic E-state index is -1.01. The average Bonchev–Trinajstić information content (AvgIpc) is 2.25. The van der Waals surface area contributed by atoms with Crippen LogP contribution in [0.1, 0.15) is 13.8 Å². The summed E-state index contributed by atoms with van der Waals surface area (Å²) in [6, 6.07) is 2.41. The molecule has 0 aliphatic carbocycles. The van der Waals surface area contributed by atoms with Gasteiger partial charge in [0.15, 0.2) is 0 Å². The summed E-state index contributed by atoms with van der Waals surface area (Å²) in [7, 11) is 0. The lowest BCUT2D eigenvalue weighted by Crippen LogP contribution is -2.42. The number of aliphatic carboxylic acids is 1. The molecular weight excluding hydrogens is 275 g/mol. The normalized spacial score (nSPS) is 13.5. The number of halogens is 2. The second-order valence-corrected chi connectivity index (χ2v) is 4.61. The van der Waals surface area contributed by atoms with Crippen LogP contribution in [0.4, 0.5) is 14.9 Å². The number of hydrogen-bond donors (Lipinski definition) is 3. The summed E-state index contributed by atoms with van der Waals surface area (Å²) in [5.41, 5.74) is 0.192. The topological polar surface area (TPSA) is 78.4 Å². The number of carboxylic acids is 1. The minimum Gasteiger partial charge on any atom is -0.481 e. The highest BCUT2D eigenvalue weighted by atomic mass is 35.5. The molecule has 0 saturated heterocycles. The largest absolute Gasteiger partial charge is 0.481 e. The Balaban J connectivity index is 2.62. The Kier molecular flexibility index (Phi) is 5.11. The van der Waals surface area contributed by atoms with Crippen molar-refractivity contribution in [2.24, 2.45) is 5.92 Å². The monoisotopic (exact) mass is 288 g/mol. The van der Waals surface area contributed by atoms with Gasteiger partial charge >= 0.3 is 12.0 Å². The van der Waals surface area contributed by atoms with E-state index in [0.717, 1.165) is 12.1 Å². The fourth-order valence-corrected chi connectivity index (χ4v) is 1.56. The van der Waals surface area contributed by atoms with Crippen molar-refractivity contribution in [2.45, 2.75) is 19.9 Å². The van der Waals surface area contributed by atoms with E-state index >= 15 is 0 Å². The summed E-state index contributed by atoms with van der Waals surface area (Å²) in [6.45, 7) is 3.04. The average molecular weight is 289 g/mol. The van der Waals surface area contributed by atoms with Gasteiger partial charge in [0.2, 0.25) is 0 Å². The SMILES string of the molecule is CC(NC(=O)Nc1cc(F)cc(Cl)c1)C(C)C(=O)O. The Bertz CT molecular complexity index is 476. The first kappa shape index (κ1) is 15.2. The molecule has 2 amide bonds. The molecule has 0 aliphatic heterocycles.